The highest BCUT2D eigenvalue weighted by atomic mass is 15.0. The lowest BCUT2D eigenvalue weighted by molar-refractivity contribution is 0.767. The maximum absolute atomic E-state index is 5.09. The third-order valence-corrected chi connectivity index (χ3v) is 22.2. The zero-order chi connectivity index (χ0) is 73.0. The van der Waals surface area contributed by atoms with Gasteiger partial charge in [-0.2, -0.15) is 0 Å². The van der Waals surface area contributed by atoms with E-state index in [9.17, 15) is 0 Å². The maximum Gasteiger partial charge on any atom is 0.164 e. The molecule has 2 aromatic heterocycles. The number of rotatable bonds is 15. The molecule has 0 radical (unpaired) electrons. The van der Waals surface area contributed by atoms with Crippen LogP contribution in [0.4, 0.5) is 0 Å². The third kappa shape index (κ3) is 11.4. The summed E-state index contributed by atoms with van der Waals surface area (Å²) in [5.74, 6) is 3.79. The van der Waals surface area contributed by atoms with Crippen LogP contribution < -0.4 is 0 Å². The van der Waals surface area contributed by atoms with Crippen molar-refractivity contribution < 1.29 is 0 Å². The van der Waals surface area contributed by atoms with E-state index in [1.807, 2.05) is 121 Å². The smallest absolute Gasteiger partial charge is 0.164 e. The van der Waals surface area contributed by atoms with Gasteiger partial charge in [0.15, 0.2) is 34.9 Å². The van der Waals surface area contributed by atoms with Gasteiger partial charge in [-0.3, -0.25) is 0 Å². The second kappa shape index (κ2) is 27.5. The quantitative estimate of drug-likeness (QED) is 0.102. The Morgan fingerprint density at radius 1 is 0.127 bits per heavy atom. The highest BCUT2D eigenvalue weighted by Gasteiger charge is 2.48. The maximum atomic E-state index is 5.09. The lowest BCUT2D eigenvalue weighted by atomic mass is 9.66. The SMILES string of the molecule is c1ccc(-c2nc(-c3ccccc3)nc(-c3cccc(-c4ccc(-c5ccc6c(c5)-c5ccccc5C6(c5ccccc5)c5cccc(-c6ccc7c(c6)C(c6ccccc6)(c6ccccc6)c6ccc(-c8cccc(-c9cccc(-c%10nc(-c%11ccccc%11)nc(-c%11ccccc%11)n%10)c9)c8)cc6-7)c5)cc4)c3)n2)cc1. The molecule has 6 heteroatoms. The van der Waals surface area contributed by atoms with Crippen LogP contribution in [0.1, 0.15) is 44.5 Å². The van der Waals surface area contributed by atoms with Gasteiger partial charge in [-0.25, -0.2) is 29.9 Å². The summed E-state index contributed by atoms with van der Waals surface area (Å²) in [5.41, 5.74) is 30.2. The predicted octanol–water partition coefficient (Wildman–Crippen LogP) is 25.1. The first kappa shape index (κ1) is 65.1. The van der Waals surface area contributed by atoms with Crippen molar-refractivity contribution in [2.24, 2.45) is 0 Å². The molecule has 16 aromatic carbocycles. The molecule has 0 fully saturated rings. The van der Waals surface area contributed by atoms with Crippen molar-refractivity contribution in [3.63, 3.8) is 0 Å². The van der Waals surface area contributed by atoms with E-state index in [0.717, 1.165) is 89.0 Å². The van der Waals surface area contributed by atoms with Crippen LogP contribution in [0.25, 0.3) is 146 Å². The Kier molecular flexibility index (Phi) is 16.3. The van der Waals surface area contributed by atoms with Crippen molar-refractivity contribution in [1.82, 2.24) is 29.9 Å². The van der Waals surface area contributed by atoms with Gasteiger partial charge in [-0.15, -0.1) is 0 Å². The topological polar surface area (TPSA) is 77.3 Å². The highest BCUT2D eigenvalue weighted by Crippen LogP contribution is 2.60. The second-order valence-corrected chi connectivity index (χ2v) is 28.4. The van der Waals surface area contributed by atoms with E-state index in [0.29, 0.717) is 34.9 Å². The number of benzene rings is 16. The van der Waals surface area contributed by atoms with Gasteiger partial charge < -0.3 is 0 Å². The number of fused-ring (bicyclic) bond motifs is 6. The molecule has 514 valence electrons. The minimum Gasteiger partial charge on any atom is -0.208 e. The first-order chi connectivity index (χ1) is 54.5. The minimum atomic E-state index is -0.646. The van der Waals surface area contributed by atoms with Gasteiger partial charge in [0, 0.05) is 33.4 Å². The molecule has 0 amide bonds. The van der Waals surface area contributed by atoms with Crippen molar-refractivity contribution in [3.05, 3.63) is 457 Å². The average molecular weight is 1400 g/mol. The normalized spacial score (nSPS) is 13.6. The summed E-state index contributed by atoms with van der Waals surface area (Å²) in [5, 5.41) is 0. The number of nitrogens with zero attached hydrogens (tertiary/aromatic N) is 6. The van der Waals surface area contributed by atoms with Crippen LogP contribution in [-0.2, 0) is 10.8 Å². The van der Waals surface area contributed by atoms with Gasteiger partial charge in [0.05, 0.1) is 10.8 Å². The summed E-state index contributed by atoms with van der Waals surface area (Å²) < 4.78 is 0. The van der Waals surface area contributed by atoms with Gasteiger partial charge in [0.2, 0.25) is 0 Å². The molecule has 1 unspecified atom stereocenters. The van der Waals surface area contributed by atoms with Crippen molar-refractivity contribution >= 4 is 0 Å². The van der Waals surface area contributed by atoms with Crippen LogP contribution in [0.3, 0.4) is 0 Å². The molecule has 0 spiro atoms. The lowest BCUT2D eigenvalue weighted by Gasteiger charge is -2.35. The van der Waals surface area contributed by atoms with Crippen molar-refractivity contribution in [2.45, 2.75) is 10.8 Å². The summed E-state index contributed by atoms with van der Waals surface area (Å²) in [6.07, 6.45) is 0. The molecule has 2 aliphatic rings. The minimum absolute atomic E-state index is 0.620. The molecule has 2 heterocycles. The molecule has 0 saturated carbocycles. The van der Waals surface area contributed by atoms with Crippen LogP contribution >= 0.6 is 0 Å². The molecule has 2 aliphatic carbocycles. The molecule has 0 saturated heterocycles. The molecule has 18 aromatic rings. The molecule has 0 bridgehead atoms. The molecule has 1 atom stereocenters. The van der Waals surface area contributed by atoms with Gasteiger partial charge >= 0.3 is 0 Å². The second-order valence-electron chi connectivity index (χ2n) is 28.4. The molecule has 110 heavy (non-hydrogen) atoms. The molecule has 0 aliphatic heterocycles. The van der Waals surface area contributed by atoms with E-state index in [1.54, 1.807) is 0 Å². The van der Waals surface area contributed by atoms with Crippen LogP contribution in [0.15, 0.2) is 413 Å². The first-order valence-electron chi connectivity index (χ1n) is 37.5. The third-order valence-electron chi connectivity index (χ3n) is 22.2. The fourth-order valence-corrected chi connectivity index (χ4v) is 17.0. The Hall–Kier alpha value is -14.5. The van der Waals surface area contributed by atoms with Gasteiger partial charge in [0.1, 0.15) is 0 Å². The van der Waals surface area contributed by atoms with E-state index < -0.39 is 10.8 Å². The Bertz CT molecular complexity index is 6340. The van der Waals surface area contributed by atoms with Crippen LogP contribution in [-0.4, -0.2) is 29.9 Å². The molecular formula is C104H68N6. The van der Waals surface area contributed by atoms with Gasteiger partial charge in [0.25, 0.3) is 0 Å². The number of aromatic nitrogens is 6. The zero-order valence-electron chi connectivity index (χ0n) is 59.9. The van der Waals surface area contributed by atoms with Gasteiger partial charge in [-0.05, 0) is 165 Å². The van der Waals surface area contributed by atoms with Crippen LogP contribution in [0.2, 0.25) is 0 Å². The Morgan fingerprint density at radius 3 is 0.791 bits per heavy atom. The monoisotopic (exact) mass is 1400 g/mol. The average Bonchev–Trinajstić information content (AvgIpc) is 1.55. The summed E-state index contributed by atoms with van der Waals surface area (Å²) >= 11 is 0. The number of hydrogen-bond donors (Lipinski definition) is 0. The van der Waals surface area contributed by atoms with E-state index in [2.05, 4.69) is 291 Å². The predicted molar refractivity (Wildman–Crippen MR) is 448 cm³/mol. The van der Waals surface area contributed by atoms with Crippen LogP contribution in [0.5, 0.6) is 0 Å². The Labute approximate surface area is 639 Å². The van der Waals surface area contributed by atoms with Crippen molar-refractivity contribution in [1.29, 1.82) is 0 Å². The fraction of sp³-hybridized carbons (Fsp3) is 0.0192. The van der Waals surface area contributed by atoms with Crippen LogP contribution in [0, 0.1) is 0 Å². The Morgan fingerprint density at radius 2 is 0.373 bits per heavy atom. The van der Waals surface area contributed by atoms with Crippen molar-refractivity contribution in [3.8, 4) is 146 Å². The summed E-state index contributed by atoms with van der Waals surface area (Å²) in [4.78, 5) is 30.2. The van der Waals surface area contributed by atoms with E-state index in [1.165, 1.54) is 66.8 Å². The van der Waals surface area contributed by atoms with E-state index >= 15 is 0 Å². The summed E-state index contributed by atoms with van der Waals surface area (Å²) in [7, 11) is 0. The van der Waals surface area contributed by atoms with Crippen molar-refractivity contribution in [2.75, 3.05) is 0 Å². The van der Waals surface area contributed by atoms with E-state index in [-0.39, 0.29) is 0 Å². The van der Waals surface area contributed by atoms with Gasteiger partial charge in [-0.1, -0.05) is 370 Å². The highest BCUT2D eigenvalue weighted by molar-refractivity contribution is 5.93. The fourth-order valence-electron chi connectivity index (χ4n) is 17.0. The Balaban J connectivity index is 0.658. The molecule has 6 nitrogen and oxygen atoms in total. The van der Waals surface area contributed by atoms with E-state index in [4.69, 9.17) is 29.9 Å². The zero-order valence-corrected chi connectivity index (χ0v) is 59.9. The molecule has 20 rings (SSSR count). The number of hydrogen-bond acceptors (Lipinski definition) is 6. The summed E-state index contributed by atoms with van der Waals surface area (Å²) in [6, 6.07) is 149. The standard InChI is InChI=1S/C104H68N6/c1-8-28-71(29-9-1)97-105-98(72-30-10-2-11-31-72)108-101(107-97)83-41-25-36-75(63-83)69-52-54-70(55-53-69)80-57-60-95-91(66-80)89-50-22-23-51-93(89)104(95,87-47-20-7-21-48-87)88-49-27-40-79(65-88)82-56-59-90-92-67-81(58-61-94(92)103(96(90)68-82,85-43-16-5-17-44-85)86-45-18-6-19-46-86)77-38-24-37-76(62-77)78-39-26-42-84(64-78)102-109-99(73-32-12-3-13-33-73)106-100(110-102)74-34-14-4-15-35-74/h1-68H. The lowest BCUT2D eigenvalue weighted by Crippen LogP contribution is -2.28. The largest absolute Gasteiger partial charge is 0.208 e. The first-order valence-corrected chi connectivity index (χ1v) is 37.5. The molecule has 0 N–H and O–H groups in total. The summed E-state index contributed by atoms with van der Waals surface area (Å²) in [6.45, 7) is 0. The molecular weight excluding hydrogens is 1330 g/mol.